The predicted molar refractivity (Wildman–Crippen MR) is 83.6 cm³/mol. The lowest BCUT2D eigenvalue weighted by molar-refractivity contribution is -0.122. The molecule has 1 atom stereocenters. The average Bonchev–Trinajstić information content (AvgIpc) is 2.47. The maximum Gasteiger partial charge on any atom is 0.337 e. The zero-order chi connectivity index (χ0) is 16.1. The first kappa shape index (κ1) is 15.9. The summed E-state index contributed by atoms with van der Waals surface area (Å²) in [5.41, 5.74) is 0.243. The van der Waals surface area contributed by atoms with Crippen molar-refractivity contribution < 1.29 is 19.4 Å². The van der Waals surface area contributed by atoms with Crippen LogP contribution in [-0.2, 0) is 4.79 Å². The third-order valence-electron chi connectivity index (χ3n) is 2.89. The molecule has 0 unspecified atom stereocenters. The van der Waals surface area contributed by atoms with Crippen LogP contribution >= 0.6 is 11.6 Å². The zero-order valence-corrected chi connectivity index (χ0v) is 12.5. The fourth-order valence-corrected chi connectivity index (χ4v) is 1.99. The molecule has 6 heteroatoms. The van der Waals surface area contributed by atoms with Crippen molar-refractivity contribution >= 4 is 29.2 Å². The molecule has 0 fully saturated rings. The number of ether oxygens (including phenoxy) is 1. The van der Waals surface area contributed by atoms with Gasteiger partial charge in [0.2, 0.25) is 0 Å². The Hall–Kier alpha value is -2.53. The van der Waals surface area contributed by atoms with E-state index in [-0.39, 0.29) is 11.3 Å². The molecular weight excluding hydrogens is 306 g/mol. The largest absolute Gasteiger partial charge is 0.481 e. The van der Waals surface area contributed by atoms with E-state index >= 15 is 0 Å². The molecule has 2 rings (SSSR count). The Morgan fingerprint density at radius 3 is 2.59 bits per heavy atom. The number of rotatable bonds is 5. The lowest BCUT2D eigenvalue weighted by Crippen LogP contribution is -2.30. The Morgan fingerprint density at radius 1 is 1.18 bits per heavy atom. The van der Waals surface area contributed by atoms with E-state index in [0.717, 1.165) is 0 Å². The van der Waals surface area contributed by atoms with Crippen molar-refractivity contribution in [2.24, 2.45) is 0 Å². The van der Waals surface area contributed by atoms with Gasteiger partial charge in [-0.25, -0.2) is 4.79 Å². The number of anilines is 1. The normalized spacial score (nSPS) is 11.5. The topological polar surface area (TPSA) is 75.6 Å². The van der Waals surface area contributed by atoms with Crippen LogP contribution in [0.5, 0.6) is 5.75 Å². The van der Waals surface area contributed by atoms with E-state index in [1.807, 2.05) is 0 Å². The molecule has 2 N–H and O–H groups in total. The SMILES string of the molecule is C[C@H](Oc1cccc(Cl)c1)C(=O)Nc1ccccc1C(=O)O. The molecular formula is C16H14ClNO4. The molecule has 0 radical (unpaired) electrons. The molecule has 0 saturated carbocycles. The van der Waals surface area contributed by atoms with Crippen LogP contribution in [0.25, 0.3) is 0 Å². The maximum absolute atomic E-state index is 12.1. The number of hydrogen-bond acceptors (Lipinski definition) is 3. The highest BCUT2D eigenvalue weighted by atomic mass is 35.5. The van der Waals surface area contributed by atoms with Gasteiger partial charge in [0.1, 0.15) is 5.75 Å². The van der Waals surface area contributed by atoms with Gasteiger partial charge in [-0.2, -0.15) is 0 Å². The first-order chi connectivity index (χ1) is 10.5. The van der Waals surface area contributed by atoms with E-state index in [4.69, 9.17) is 21.4 Å². The summed E-state index contributed by atoms with van der Waals surface area (Å²) in [5.74, 6) is -1.10. The number of hydrogen-bond donors (Lipinski definition) is 2. The number of nitrogens with one attached hydrogen (secondary N) is 1. The Balaban J connectivity index is 2.07. The summed E-state index contributed by atoms with van der Waals surface area (Å²) in [7, 11) is 0. The number of carboxylic acids is 1. The second-order valence-electron chi connectivity index (χ2n) is 4.56. The zero-order valence-electron chi connectivity index (χ0n) is 11.7. The molecule has 0 aromatic heterocycles. The highest BCUT2D eigenvalue weighted by Crippen LogP contribution is 2.19. The lowest BCUT2D eigenvalue weighted by atomic mass is 10.1. The summed E-state index contributed by atoms with van der Waals surface area (Å²) in [6.45, 7) is 1.57. The van der Waals surface area contributed by atoms with Gasteiger partial charge in [-0.3, -0.25) is 4.79 Å². The summed E-state index contributed by atoms with van der Waals surface area (Å²) >= 11 is 5.85. The van der Waals surface area contributed by atoms with Crippen LogP contribution in [0.15, 0.2) is 48.5 Å². The number of amides is 1. The van der Waals surface area contributed by atoms with Gasteiger partial charge in [0.15, 0.2) is 6.10 Å². The van der Waals surface area contributed by atoms with Crippen molar-refractivity contribution in [2.75, 3.05) is 5.32 Å². The minimum absolute atomic E-state index is 0.0193. The molecule has 2 aromatic carbocycles. The highest BCUT2D eigenvalue weighted by Gasteiger charge is 2.18. The van der Waals surface area contributed by atoms with Crippen molar-refractivity contribution in [3.8, 4) is 5.75 Å². The van der Waals surface area contributed by atoms with E-state index in [1.54, 1.807) is 43.3 Å². The molecule has 0 bridgehead atoms. The molecule has 114 valence electrons. The summed E-state index contributed by atoms with van der Waals surface area (Å²) in [6, 6.07) is 12.9. The van der Waals surface area contributed by atoms with Crippen molar-refractivity contribution in [1.82, 2.24) is 0 Å². The van der Waals surface area contributed by atoms with Crippen molar-refractivity contribution in [2.45, 2.75) is 13.0 Å². The van der Waals surface area contributed by atoms with E-state index in [1.165, 1.54) is 12.1 Å². The highest BCUT2D eigenvalue weighted by molar-refractivity contribution is 6.30. The molecule has 0 aliphatic carbocycles. The smallest absolute Gasteiger partial charge is 0.337 e. The minimum Gasteiger partial charge on any atom is -0.481 e. The van der Waals surface area contributed by atoms with Gasteiger partial charge in [0, 0.05) is 5.02 Å². The number of carbonyl (C=O) groups is 2. The van der Waals surface area contributed by atoms with Crippen molar-refractivity contribution in [3.05, 3.63) is 59.1 Å². The van der Waals surface area contributed by atoms with Crippen LogP contribution in [0.1, 0.15) is 17.3 Å². The second kappa shape index (κ2) is 6.95. The van der Waals surface area contributed by atoms with Gasteiger partial charge in [-0.15, -0.1) is 0 Å². The lowest BCUT2D eigenvalue weighted by Gasteiger charge is -2.15. The first-order valence-electron chi connectivity index (χ1n) is 6.53. The molecule has 0 saturated heterocycles. The Morgan fingerprint density at radius 2 is 1.91 bits per heavy atom. The van der Waals surface area contributed by atoms with Crippen LogP contribution in [0.4, 0.5) is 5.69 Å². The number of aromatic carboxylic acids is 1. The first-order valence-corrected chi connectivity index (χ1v) is 6.90. The van der Waals surface area contributed by atoms with Gasteiger partial charge >= 0.3 is 5.97 Å². The number of carbonyl (C=O) groups excluding carboxylic acids is 1. The van der Waals surface area contributed by atoms with E-state index in [0.29, 0.717) is 10.8 Å². The Bertz CT molecular complexity index is 702. The average molecular weight is 320 g/mol. The van der Waals surface area contributed by atoms with Gasteiger partial charge in [0.25, 0.3) is 5.91 Å². The second-order valence-corrected chi connectivity index (χ2v) is 4.99. The molecule has 2 aromatic rings. The van der Waals surface area contributed by atoms with Gasteiger partial charge in [-0.05, 0) is 37.3 Å². The monoisotopic (exact) mass is 319 g/mol. The minimum atomic E-state index is -1.11. The molecule has 0 heterocycles. The quantitative estimate of drug-likeness (QED) is 0.885. The molecule has 5 nitrogen and oxygen atoms in total. The van der Waals surface area contributed by atoms with E-state index < -0.39 is 18.0 Å². The summed E-state index contributed by atoms with van der Waals surface area (Å²) in [6.07, 6.45) is -0.805. The summed E-state index contributed by atoms with van der Waals surface area (Å²) < 4.78 is 5.49. The summed E-state index contributed by atoms with van der Waals surface area (Å²) in [5, 5.41) is 12.1. The van der Waals surface area contributed by atoms with Crippen LogP contribution < -0.4 is 10.1 Å². The molecule has 1 amide bonds. The number of carboxylic acid groups (broad SMARTS) is 1. The number of benzene rings is 2. The summed E-state index contributed by atoms with van der Waals surface area (Å²) in [4.78, 5) is 23.2. The van der Waals surface area contributed by atoms with Gasteiger partial charge < -0.3 is 15.2 Å². The molecule has 0 aliphatic heterocycles. The number of halogens is 1. The van der Waals surface area contributed by atoms with Gasteiger partial charge in [-0.1, -0.05) is 29.8 Å². The third-order valence-corrected chi connectivity index (χ3v) is 3.13. The Labute approximate surface area is 132 Å². The molecule has 22 heavy (non-hydrogen) atoms. The Kier molecular flexibility index (Phi) is 5.01. The van der Waals surface area contributed by atoms with Crippen molar-refractivity contribution in [3.63, 3.8) is 0 Å². The number of para-hydroxylation sites is 1. The van der Waals surface area contributed by atoms with E-state index in [2.05, 4.69) is 5.32 Å². The van der Waals surface area contributed by atoms with Crippen molar-refractivity contribution in [1.29, 1.82) is 0 Å². The fourth-order valence-electron chi connectivity index (χ4n) is 1.81. The van der Waals surface area contributed by atoms with Gasteiger partial charge in [0.05, 0.1) is 11.3 Å². The fraction of sp³-hybridized carbons (Fsp3) is 0.125. The van der Waals surface area contributed by atoms with Crippen LogP contribution in [0, 0.1) is 0 Å². The van der Waals surface area contributed by atoms with Crippen LogP contribution in [0.3, 0.4) is 0 Å². The van der Waals surface area contributed by atoms with E-state index in [9.17, 15) is 9.59 Å². The third kappa shape index (κ3) is 3.99. The van der Waals surface area contributed by atoms with Crippen LogP contribution in [0.2, 0.25) is 5.02 Å². The predicted octanol–water partition coefficient (Wildman–Crippen LogP) is 3.44. The molecule has 0 aliphatic rings. The maximum atomic E-state index is 12.1. The standard InChI is InChI=1S/C16H14ClNO4/c1-10(22-12-6-4-5-11(17)9-12)15(19)18-14-8-3-2-7-13(14)16(20)21/h2-10H,1H3,(H,18,19)(H,20,21)/t10-/m0/s1. The van der Waals surface area contributed by atoms with Crippen LogP contribution in [-0.4, -0.2) is 23.1 Å². The molecule has 0 spiro atoms.